The summed E-state index contributed by atoms with van der Waals surface area (Å²) in [6.07, 6.45) is 8.49. The van der Waals surface area contributed by atoms with E-state index in [4.69, 9.17) is 14.2 Å². The van der Waals surface area contributed by atoms with Gasteiger partial charge in [-0.3, -0.25) is 0 Å². The van der Waals surface area contributed by atoms with Crippen molar-refractivity contribution in [2.45, 2.75) is 83.7 Å². The summed E-state index contributed by atoms with van der Waals surface area (Å²) in [7, 11) is 1.66. The highest BCUT2D eigenvalue weighted by molar-refractivity contribution is 5.92. The Bertz CT molecular complexity index is 677. The van der Waals surface area contributed by atoms with E-state index in [2.05, 4.69) is 26.8 Å². The van der Waals surface area contributed by atoms with E-state index < -0.39 is 5.79 Å². The number of fused-ring (bicyclic) bond motifs is 6. The van der Waals surface area contributed by atoms with Crippen LogP contribution in [0, 0.1) is 11.3 Å². The van der Waals surface area contributed by atoms with Crippen LogP contribution in [-0.4, -0.2) is 30.6 Å². The van der Waals surface area contributed by atoms with Crippen molar-refractivity contribution in [1.29, 1.82) is 0 Å². The Morgan fingerprint density at radius 3 is 2.72 bits per heavy atom. The average Bonchev–Trinajstić information content (AvgIpc) is 3.12. The first-order chi connectivity index (χ1) is 11.7. The molecule has 4 heteroatoms. The first-order valence-electron chi connectivity index (χ1n) is 9.56. The fraction of sp³-hybridized carbons (Fsp3) is 0.762. The van der Waals surface area contributed by atoms with Crippen LogP contribution in [0.15, 0.2) is 22.8 Å². The van der Waals surface area contributed by atoms with E-state index >= 15 is 0 Å². The molecule has 2 saturated heterocycles. The Morgan fingerprint density at radius 1 is 1.24 bits per heavy atom. The highest BCUT2D eigenvalue weighted by atomic mass is 16.7. The zero-order valence-electron chi connectivity index (χ0n) is 16.1. The van der Waals surface area contributed by atoms with Gasteiger partial charge in [0, 0.05) is 24.7 Å². The molecule has 0 spiro atoms. The molecule has 25 heavy (non-hydrogen) atoms. The molecule has 0 radical (unpaired) electrons. The quantitative estimate of drug-likeness (QED) is 0.525. The van der Waals surface area contributed by atoms with E-state index in [0.717, 1.165) is 43.3 Å². The fourth-order valence-electron chi connectivity index (χ4n) is 5.95. The van der Waals surface area contributed by atoms with Crippen LogP contribution in [0.5, 0.6) is 0 Å². The number of hydrogen-bond donors (Lipinski definition) is 0. The molecule has 0 amide bonds. The Kier molecular flexibility index (Phi) is 3.76. The van der Waals surface area contributed by atoms with Gasteiger partial charge in [0.25, 0.3) is 0 Å². The van der Waals surface area contributed by atoms with Gasteiger partial charge in [0.2, 0.25) is 5.79 Å². The van der Waals surface area contributed by atoms with Crippen LogP contribution in [-0.2, 0) is 19.0 Å². The second-order valence-corrected chi connectivity index (χ2v) is 8.94. The summed E-state index contributed by atoms with van der Waals surface area (Å²) in [5.74, 6) is -0.780. The third kappa shape index (κ3) is 2.30. The summed E-state index contributed by atoms with van der Waals surface area (Å²) in [6.45, 7) is 8.65. The molecular weight excluding hydrogens is 316 g/mol. The molecule has 3 heterocycles. The molecule has 1 aliphatic carbocycles. The minimum atomic E-state index is -0.932. The van der Waals surface area contributed by atoms with Gasteiger partial charge < -0.3 is 14.2 Å². The summed E-state index contributed by atoms with van der Waals surface area (Å²) in [4.78, 5) is 12.4. The summed E-state index contributed by atoms with van der Waals surface area (Å²) in [5, 5.41) is 0. The molecule has 4 aliphatic rings. The lowest BCUT2D eigenvalue weighted by Crippen LogP contribution is -2.45. The van der Waals surface area contributed by atoms with Crippen molar-refractivity contribution in [3.8, 4) is 0 Å². The predicted molar refractivity (Wildman–Crippen MR) is 94.9 cm³/mol. The maximum Gasteiger partial charge on any atom is 0.336 e. The lowest BCUT2D eigenvalue weighted by Gasteiger charge is -2.44. The lowest BCUT2D eigenvalue weighted by atomic mass is 9.58. The maximum absolute atomic E-state index is 12.4. The van der Waals surface area contributed by atoms with Gasteiger partial charge >= 0.3 is 5.97 Å². The molecule has 4 nitrogen and oxygen atoms in total. The van der Waals surface area contributed by atoms with Crippen LogP contribution in [0.3, 0.4) is 0 Å². The first-order valence-corrected chi connectivity index (χ1v) is 9.56. The number of methoxy groups -OCH3 is 1. The predicted octanol–water partition coefficient (Wildman–Crippen LogP) is 4.30. The zero-order chi connectivity index (χ0) is 18.0. The standard InChI is InChI=1S/C21H30O4/c1-13-7-6-9-19(3)16(20(4)10-8-17(19)24-20)11-15-14(2)18(22)25-21(15,12-13)23-5/h7,16-17H,6,8-12H2,1-5H3/b13-7+/t16-,17-,19-,20+,21-/m1/s1. The molecular formula is C21H30O4. The monoisotopic (exact) mass is 346 g/mol. The van der Waals surface area contributed by atoms with Crippen molar-refractivity contribution in [3.63, 3.8) is 0 Å². The Balaban J connectivity index is 1.83. The number of ether oxygens (including phenoxy) is 3. The van der Waals surface area contributed by atoms with Gasteiger partial charge in [0.15, 0.2) is 0 Å². The van der Waals surface area contributed by atoms with E-state index in [-0.39, 0.29) is 17.0 Å². The number of esters is 1. The lowest BCUT2D eigenvalue weighted by molar-refractivity contribution is -0.193. The molecule has 2 bridgehead atoms. The van der Waals surface area contributed by atoms with Crippen molar-refractivity contribution >= 4 is 5.97 Å². The van der Waals surface area contributed by atoms with Gasteiger partial charge in [-0.25, -0.2) is 4.79 Å². The molecule has 5 atom stereocenters. The van der Waals surface area contributed by atoms with Crippen LogP contribution < -0.4 is 0 Å². The number of carbonyl (C=O) groups is 1. The third-order valence-corrected chi connectivity index (χ3v) is 7.48. The van der Waals surface area contributed by atoms with Gasteiger partial charge in [-0.2, -0.15) is 0 Å². The molecule has 0 N–H and O–H groups in total. The molecule has 4 rings (SSSR count). The normalized spacial score (nSPS) is 48.7. The van der Waals surface area contributed by atoms with Crippen molar-refractivity contribution in [3.05, 3.63) is 22.8 Å². The molecule has 3 aliphatic heterocycles. The van der Waals surface area contributed by atoms with Crippen LogP contribution in [0.2, 0.25) is 0 Å². The SMILES string of the molecule is CO[C@@]12C/C(C)=C/CC[C@]3(C)[C@@H](CC1=C(C)C(=O)O2)[C@]1(C)CC[C@H]3O1. The number of hydrogen-bond acceptors (Lipinski definition) is 4. The first kappa shape index (κ1) is 17.3. The molecule has 0 unspecified atom stereocenters. The highest BCUT2D eigenvalue weighted by Gasteiger charge is 2.63. The van der Waals surface area contributed by atoms with E-state index in [9.17, 15) is 4.79 Å². The molecule has 0 aromatic heterocycles. The summed E-state index contributed by atoms with van der Waals surface area (Å²) >= 11 is 0. The third-order valence-electron chi connectivity index (χ3n) is 7.48. The van der Waals surface area contributed by atoms with Crippen molar-refractivity contribution < 1.29 is 19.0 Å². The van der Waals surface area contributed by atoms with Crippen molar-refractivity contribution in [1.82, 2.24) is 0 Å². The van der Waals surface area contributed by atoms with Gasteiger partial charge in [0.05, 0.1) is 11.7 Å². The number of carbonyl (C=O) groups excluding carboxylic acids is 1. The van der Waals surface area contributed by atoms with Gasteiger partial charge in [-0.05, 0) is 64.2 Å². The van der Waals surface area contributed by atoms with Crippen LogP contribution in [0.25, 0.3) is 0 Å². The minimum absolute atomic E-state index is 0.101. The zero-order valence-corrected chi connectivity index (χ0v) is 16.1. The van der Waals surface area contributed by atoms with Crippen LogP contribution in [0.4, 0.5) is 0 Å². The van der Waals surface area contributed by atoms with Gasteiger partial charge in [-0.1, -0.05) is 18.6 Å². The summed E-state index contributed by atoms with van der Waals surface area (Å²) in [6, 6.07) is 0. The Labute approximate surface area is 150 Å². The van der Waals surface area contributed by atoms with E-state index in [1.165, 1.54) is 5.57 Å². The average molecular weight is 346 g/mol. The Hall–Kier alpha value is -1.13. The smallest absolute Gasteiger partial charge is 0.336 e. The fourth-order valence-corrected chi connectivity index (χ4v) is 5.95. The molecule has 0 aromatic carbocycles. The van der Waals surface area contributed by atoms with E-state index in [1.807, 2.05) is 6.92 Å². The van der Waals surface area contributed by atoms with E-state index in [0.29, 0.717) is 18.4 Å². The largest absolute Gasteiger partial charge is 0.425 e. The van der Waals surface area contributed by atoms with Crippen LogP contribution in [0.1, 0.15) is 66.2 Å². The molecule has 2 fully saturated rings. The minimum Gasteiger partial charge on any atom is -0.425 e. The molecule has 0 saturated carbocycles. The van der Waals surface area contributed by atoms with Crippen molar-refractivity contribution in [2.75, 3.05) is 7.11 Å². The second kappa shape index (κ2) is 5.43. The van der Waals surface area contributed by atoms with Gasteiger partial charge in [-0.15, -0.1) is 0 Å². The second-order valence-electron chi connectivity index (χ2n) is 8.94. The summed E-state index contributed by atoms with van der Waals surface area (Å²) < 4.78 is 18.1. The maximum atomic E-state index is 12.4. The topological polar surface area (TPSA) is 44.8 Å². The molecule has 0 aromatic rings. The van der Waals surface area contributed by atoms with Crippen LogP contribution >= 0.6 is 0 Å². The summed E-state index contributed by atoms with van der Waals surface area (Å²) in [5.41, 5.74) is 3.02. The number of allylic oxidation sites excluding steroid dienone is 1. The van der Waals surface area contributed by atoms with E-state index in [1.54, 1.807) is 7.11 Å². The number of rotatable bonds is 1. The van der Waals surface area contributed by atoms with Crippen molar-refractivity contribution in [2.24, 2.45) is 11.3 Å². The molecule has 138 valence electrons. The van der Waals surface area contributed by atoms with Gasteiger partial charge in [0.1, 0.15) is 0 Å². The Morgan fingerprint density at radius 2 is 2.00 bits per heavy atom. The highest BCUT2D eigenvalue weighted by Crippen LogP contribution is 2.62.